The number of nitrogens with one attached hydrogen (secondary N) is 1. The van der Waals surface area contributed by atoms with Crippen LogP contribution in [0.4, 0.5) is 11.4 Å². The standard InChI is InChI=1S/C30H30N2O4S3/c1-3-36-26-15-13-25(14-16-26)32(39(34,35)29-19-17-27(37-2)18-20-29)21-30(33)31-24-11-9-23(10-12-24)22-38-28-7-5-4-6-8-28/h4-20H,3,21-22H2,1-2H3,(H,31,33). The summed E-state index contributed by atoms with van der Waals surface area (Å²) in [7, 11) is -4.01. The van der Waals surface area contributed by atoms with Crippen molar-refractivity contribution in [1.29, 1.82) is 0 Å². The second-order valence-corrected chi connectivity index (χ2v) is 12.3. The summed E-state index contributed by atoms with van der Waals surface area (Å²) in [5.41, 5.74) is 2.09. The van der Waals surface area contributed by atoms with Gasteiger partial charge in [0.1, 0.15) is 12.3 Å². The van der Waals surface area contributed by atoms with Crippen molar-refractivity contribution in [1.82, 2.24) is 0 Å². The molecule has 202 valence electrons. The summed E-state index contributed by atoms with van der Waals surface area (Å²) in [4.78, 5) is 15.3. The molecule has 0 fully saturated rings. The Hall–Kier alpha value is -3.40. The van der Waals surface area contributed by atoms with E-state index in [0.717, 1.165) is 20.5 Å². The molecule has 0 saturated carbocycles. The summed E-state index contributed by atoms with van der Waals surface area (Å²) in [6.07, 6.45) is 1.93. The molecule has 0 heterocycles. The highest BCUT2D eigenvalue weighted by atomic mass is 32.2. The Labute approximate surface area is 238 Å². The summed E-state index contributed by atoms with van der Waals surface area (Å²) in [5, 5.41) is 2.84. The minimum atomic E-state index is -4.01. The second kappa shape index (κ2) is 13.6. The molecule has 0 aliphatic heterocycles. The van der Waals surface area contributed by atoms with Crippen LogP contribution in [-0.2, 0) is 20.6 Å². The lowest BCUT2D eigenvalue weighted by Gasteiger charge is -2.24. The third-order valence-electron chi connectivity index (χ3n) is 5.76. The van der Waals surface area contributed by atoms with E-state index in [2.05, 4.69) is 17.4 Å². The van der Waals surface area contributed by atoms with Gasteiger partial charge in [-0.25, -0.2) is 8.42 Å². The average Bonchev–Trinajstić information content (AvgIpc) is 2.97. The van der Waals surface area contributed by atoms with Crippen molar-refractivity contribution in [2.24, 2.45) is 0 Å². The van der Waals surface area contributed by atoms with E-state index in [4.69, 9.17) is 4.74 Å². The quantitative estimate of drug-likeness (QED) is 0.184. The largest absolute Gasteiger partial charge is 0.494 e. The summed E-state index contributed by atoms with van der Waals surface area (Å²) < 4.78 is 34.0. The summed E-state index contributed by atoms with van der Waals surface area (Å²) in [5.74, 6) is 0.981. The SMILES string of the molecule is CCOc1ccc(N(CC(=O)Nc2ccc(CSc3ccccc3)cc2)S(=O)(=O)c2ccc(SC)cc2)cc1. The van der Waals surface area contributed by atoms with Gasteiger partial charge in [-0.3, -0.25) is 9.10 Å². The lowest BCUT2D eigenvalue weighted by molar-refractivity contribution is -0.114. The predicted octanol–water partition coefficient (Wildman–Crippen LogP) is 6.93. The van der Waals surface area contributed by atoms with Crippen LogP contribution in [0.15, 0.2) is 118 Å². The zero-order valence-electron chi connectivity index (χ0n) is 21.7. The van der Waals surface area contributed by atoms with Crippen molar-refractivity contribution < 1.29 is 17.9 Å². The molecular formula is C30H30N2O4S3. The van der Waals surface area contributed by atoms with Crippen LogP contribution in [0.5, 0.6) is 5.75 Å². The first-order chi connectivity index (χ1) is 18.9. The molecule has 1 amide bonds. The van der Waals surface area contributed by atoms with Gasteiger partial charge in [-0.2, -0.15) is 0 Å². The molecule has 4 rings (SSSR count). The molecule has 1 N–H and O–H groups in total. The fourth-order valence-electron chi connectivity index (χ4n) is 3.76. The second-order valence-electron chi connectivity index (χ2n) is 8.46. The van der Waals surface area contributed by atoms with Crippen molar-refractivity contribution in [3.8, 4) is 5.75 Å². The monoisotopic (exact) mass is 578 g/mol. The van der Waals surface area contributed by atoms with Crippen molar-refractivity contribution in [3.63, 3.8) is 0 Å². The Morgan fingerprint density at radius 3 is 2.13 bits per heavy atom. The van der Waals surface area contributed by atoms with Gasteiger partial charge in [-0.15, -0.1) is 23.5 Å². The van der Waals surface area contributed by atoms with Crippen molar-refractivity contribution in [2.45, 2.75) is 27.4 Å². The lowest BCUT2D eigenvalue weighted by atomic mass is 10.2. The first-order valence-electron chi connectivity index (χ1n) is 12.4. The molecule has 0 aromatic heterocycles. The molecule has 0 atom stereocenters. The van der Waals surface area contributed by atoms with Crippen molar-refractivity contribution in [3.05, 3.63) is 109 Å². The lowest BCUT2D eigenvalue weighted by Crippen LogP contribution is -2.38. The smallest absolute Gasteiger partial charge is 0.264 e. The number of anilines is 2. The van der Waals surface area contributed by atoms with Gasteiger partial charge in [-0.1, -0.05) is 30.3 Å². The third kappa shape index (κ3) is 7.81. The van der Waals surface area contributed by atoms with Gasteiger partial charge in [0, 0.05) is 21.2 Å². The topological polar surface area (TPSA) is 75.7 Å². The average molecular weight is 579 g/mol. The fourth-order valence-corrected chi connectivity index (χ4v) is 6.47. The molecule has 0 radical (unpaired) electrons. The van der Waals surface area contributed by atoms with Crippen LogP contribution >= 0.6 is 23.5 Å². The Morgan fingerprint density at radius 1 is 0.846 bits per heavy atom. The molecule has 4 aromatic rings. The molecule has 0 bridgehead atoms. The summed E-state index contributed by atoms with van der Waals surface area (Å²) in [6, 6.07) is 31.0. The highest BCUT2D eigenvalue weighted by Gasteiger charge is 2.27. The first-order valence-corrected chi connectivity index (χ1v) is 16.0. The highest BCUT2D eigenvalue weighted by Crippen LogP contribution is 2.28. The third-order valence-corrected chi connectivity index (χ3v) is 9.37. The maximum atomic E-state index is 13.7. The number of benzene rings is 4. The molecule has 0 saturated heterocycles. The predicted molar refractivity (Wildman–Crippen MR) is 161 cm³/mol. The van der Waals surface area contributed by atoms with Crippen LogP contribution in [0, 0.1) is 0 Å². The molecule has 0 unspecified atom stereocenters. The van der Waals surface area contributed by atoms with E-state index in [-0.39, 0.29) is 11.4 Å². The van der Waals surface area contributed by atoms with Gasteiger partial charge < -0.3 is 10.1 Å². The van der Waals surface area contributed by atoms with Crippen LogP contribution < -0.4 is 14.4 Å². The number of carbonyl (C=O) groups is 1. The first kappa shape index (κ1) is 28.6. The summed E-state index contributed by atoms with van der Waals surface area (Å²) >= 11 is 3.26. The van der Waals surface area contributed by atoms with Crippen LogP contribution in [0.1, 0.15) is 12.5 Å². The van der Waals surface area contributed by atoms with E-state index in [0.29, 0.717) is 23.7 Å². The minimum Gasteiger partial charge on any atom is -0.494 e. The van der Waals surface area contributed by atoms with Crippen LogP contribution in [0.2, 0.25) is 0 Å². The number of nitrogens with zero attached hydrogens (tertiary/aromatic N) is 1. The molecule has 9 heteroatoms. The van der Waals surface area contributed by atoms with Crippen LogP contribution in [-0.4, -0.2) is 33.7 Å². The number of hydrogen-bond acceptors (Lipinski definition) is 6. The zero-order valence-corrected chi connectivity index (χ0v) is 24.2. The maximum Gasteiger partial charge on any atom is 0.264 e. The molecule has 0 aliphatic carbocycles. The normalized spacial score (nSPS) is 11.1. The van der Waals surface area contributed by atoms with E-state index in [1.807, 2.05) is 55.6 Å². The molecule has 6 nitrogen and oxygen atoms in total. The highest BCUT2D eigenvalue weighted by molar-refractivity contribution is 7.98. The van der Waals surface area contributed by atoms with E-state index in [9.17, 15) is 13.2 Å². The number of amides is 1. The fraction of sp³-hybridized carbons (Fsp3) is 0.167. The van der Waals surface area contributed by atoms with Gasteiger partial charge in [0.25, 0.3) is 10.0 Å². The van der Waals surface area contributed by atoms with Gasteiger partial charge in [0.15, 0.2) is 0 Å². The Balaban J connectivity index is 1.49. The molecule has 39 heavy (non-hydrogen) atoms. The molecule has 0 spiro atoms. The maximum absolute atomic E-state index is 13.7. The van der Waals surface area contributed by atoms with Crippen LogP contribution in [0.3, 0.4) is 0 Å². The van der Waals surface area contributed by atoms with Crippen LogP contribution in [0.25, 0.3) is 0 Å². The Kier molecular flexibility index (Phi) is 9.97. The van der Waals surface area contributed by atoms with Gasteiger partial charge in [0.05, 0.1) is 17.2 Å². The van der Waals surface area contributed by atoms with E-state index in [1.54, 1.807) is 60.3 Å². The summed E-state index contributed by atoms with van der Waals surface area (Å²) in [6.45, 7) is 1.99. The Morgan fingerprint density at radius 2 is 1.51 bits per heavy atom. The number of carbonyl (C=O) groups excluding carboxylic acids is 1. The number of ether oxygens (including phenoxy) is 1. The zero-order chi connectivity index (χ0) is 27.7. The van der Waals surface area contributed by atoms with Gasteiger partial charge in [0.2, 0.25) is 5.91 Å². The molecule has 4 aromatic carbocycles. The van der Waals surface area contributed by atoms with Crippen molar-refractivity contribution in [2.75, 3.05) is 29.0 Å². The number of sulfonamides is 1. The number of rotatable bonds is 12. The van der Waals surface area contributed by atoms with E-state index < -0.39 is 15.9 Å². The molecule has 0 aliphatic rings. The Bertz CT molecular complexity index is 1460. The number of hydrogen-bond donors (Lipinski definition) is 1. The van der Waals surface area contributed by atoms with E-state index >= 15 is 0 Å². The number of thioether (sulfide) groups is 2. The minimum absolute atomic E-state index is 0.113. The molecular weight excluding hydrogens is 549 g/mol. The van der Waals surface area contributed by atoms with Gasteiger partial charge >= 0.3 is 0 Å². The van der Waals surface area contributed by atoms with Gasteiger partial charge in [-0.05, 0) is 91.5 Å². The van der Waals surface area contributed by atoms with E-state index in [1.165, 1.54) is 16.7 Å². The van der Waals surface area contributed by atoms with Crippen molar-refractivity contribution >= 4 is 50.8 Å².